The molecule has 0 saturated heterocycles. The molecule has 0 spiro atoms. The normalized spacial score (nSPS) is 21.0. The van der Waals surface area contributed by atoms with Crippen molar-refractivity contribution in [3.05, 3.63) is 70.2 Å². The van der Waals surface area contributed by atoms with Gasteiger partial charge in [-0.15, -0.1) is 0 Å². The van der Waals surface area contributed by atoms with E-state index in [9.17, 15) is 0 Å². The topological polar surface area (TPSA) is 12.0 Å². The number of rotatable bonds is 3. The van der Waals surface area contributed by atoms with Gasteiger partial charge < -0.3 is 5.32 Å². The Kier molecular flexibility index (Phi) is 3.81. The van der Waals surface area contributed by atoms with Gasteiger partial charge in [-0.25, -0.2) is 0 Å². The lowest BCUT2D eigenvalue weighted by Crippen LogP contribution is -2.33. The summed E-state index contributed by atoms with van der Waals surface area (Å²) in [5.41, 5.74) is 4.30. The first-order valence-corrected chi connectivity index (χ1v) is 7.94. The zero-order chi connectivity index (χ0) is 15.0. The van der Waals surface area contributed by atoms with Gasteiger partial charge in [-0.05, 0) is 47.6 Å². The number of halogens is 1. The summed E-state index contributed by atoms with van der Waals surface area (Å²) < 4.78 is 0. The van der Waals surface area contributed by atoms with Crippen LogP contribution in [0.1, 0.15) is 49.5 Å². The molecule has 0 amide bonds. The summed E-state index contributed by atoms with van der Waals surface area (Å²) in [6, 6.07) is 17.6. The molecule has 21 heavy (non-hydrogen) atoms. The molecule has 0 bridgehead atoms. The van der Waals surface area contributed by atoms with E-state index in [1.807, 2.05) is 6.07 Å². The van der Waals surface area contributed by atoms with Crippen LogP contribution in [0.15, 0.2) is 48.5 Å². The Morgan fingerprint density at radius 2 is 1.86 bits per heavy atom. The van der Waals surface area contributed by atoms with Gasteiger partial charge in [0.15, 0.2) is 0 Å². The Morgan fingerprint density at radius 3 is 2.57 bits per heavy atom. The van der Waals surface area contributed by atoms with Crippen LogP contribution in [0.5, 0.6) is 0 Å². The van der Waals surface area contributed by atoms with E-state index < -0.39 is 0 Å². The Labute approximate surface area is 132 Å². The molecular formula is C19H22ClN. The fraction of sp³-hybridized carbons (Fsp3) is 0.368. The highest BCUT2D eigenvalue weighted by atomic mass is 35.5. The predicted molar refractivity (Wildman–Crippen MR) is 89.7 cm³/mol. The Hall–Kier alpha value is -1.31. The maximum Gasteiger partial charge on any atom is 0.0409 e. The minimum absolute atomic E-state index is 0.204. The van der Waals surface area contributed by atoms with Crippen LogP contribution in [-0.2, 0) is 6.42 Å². The molecule has 2 aromatic rings. The number of fused-ring (bicyclic) bond motifs is 1. The first-order valence-electron chi connectivity index (χ1n) is 7.57. The summed E-state index contributed by atoms with van der Waals surface area (Å²) in [6.07, 6.45) is 1.10. The first-order chi connectivity index (χ1) is 9.97. The van der Waals surface area contributed by atoms with Crippen LogP contribution in [0.2, 0.25) is 5.02 Å². The summed E-state index contributed by atoms with van der Waals surface area (Å²) in [5.74, 6) is 0. The van der Waals surface area contributed by atoms with Gasteiger partial charge in [-0.1, -0.05) is 61.8 Å². The second-order valence-electron chi connectivity index (χ2n) is 6.74. The van der Waals surface area contributed by atoms with Gasteiger partial charge in [0.25, 0.3) is 0 Å². The molecule has 2 aromatic carbocycles. The smallest absolute Gasteiger partial charge is 0.0409 e. The fourth-order valence-corrected chi connectivity index (χ4v) is 3.59. The van der Waals surface area contributed by atoms with E-state index in [2.05, 4.69) is 68.6 Å². The molecule has 2 atom stereocenters. The largest absolute Gasteiger partial charge is 0.303 e. The van der Waals surface area contributed by atoms with E-state index in [-0.39, 0.29) is 5.41 Å². The molecule has 2 heteroatoms. The molecular weight excluding hydrogens is 278 g/mol. The molecule has 0 fully saturated rings. The Bertz CT molecular complexity index is 633. The minimum atomic E-state index is 0.204. The van der Waals surface area contributed by atoms with Crippen molar-refractivity contribution in [3.63, 3.8) is 0 Å². The number of benzene rings is 2. The van der Waals surface area contributed by atoms with Crippen molar-refractivity contribution in [3.8, 4) is 0 Å². The molecule has 0 radical (unpaired) electrons. The molecule has 110 valence electrons. The zero-order valence-corrected chi connectivity index (χ0v) is 13.6. The van der Waals surface area contributed by atoms with E-state index in [1.165, 1.54) is 16.7 Å². The van der Waals surface area contributed by atoms with Gasteiger partial charge in [-0.2, -0.15) is 0 Å². The monoisotopic (exact) mass is 299 g/mol. The fourth-order valence-electron chi connectivity index (χ4n) is 3.41. The van der Waals surface area contributed by atoms with Crippen molar-refractivity contribution in [1.82, 2.24) is 5.32 Å². The third kappa shape index (κ3) is 2.86. The SMILES string of the molecule is C[C@H](NC1c2cc(Cl)ccc2CC1(C)C)c1ccccc1. The molecule has 0 heterocycles. The average Bonchev–Trinajstić information content (AvgIpc) is 2.71. The average molecular weight is 300 g/mol. The van der Waals surface area contributed by atoms with Crippen molar-refractivity contribution in [2.75, 3.05) is 0 Å². The maximum absolute atomic E-state index is 6.21. The van der Waals surface area contributed by atoms with Gasteiger partial charge in [0.1, 0.15) is 0 Å². The van der Waals surface area contributed by atoms with Gasteiger partial charge in [-0.3, -0.25) is 0 Å². The van der Waals surface area contributed by atoms with Gasteiger partial charge in [0.2, 0.25) is 0 Å². The summed E-state index contributed by atoms with van der Waals surface area (Å²) in [7, 11) is 0. The number of nitrogens with one attached hydrogen (secondary N) is 1. The van der Waals surface area contributed by atoms with Gasteiger partial charge >= 0.3 is 0 Å². The van der Waals surface area contributed by atoms with Crippen LogP contribution >= 0.6 is 11.6 Å². The summed E-state index contributed by atoms with van der Waals surface area (Å²) >= 11 is 6.21. The zero-order valence-electron chi connectivity index (χ0n) is 12.9. The predicted octanol–water partition coefficient (Wildman–Crippen LogP) is 5.31. The highest BCUT2D eigenvalue weighted by Gasteiger charge is 2.39. The number of hydrogen-bond donors (Lipinski definition) is 1. The quantitative estimate of drug-likeness (QED) is 0.809. The standard InChI is InChI=1S/C19H22ClN/c1-13(14-7-5-4-6-8-14)21-18-17-11-16(20)10-9-15(17)12-19(18,2)3/h4-11,13,18,21H,12H2,1-3H3/t13-,18?/m0/s1. The van der Waals surface area contributed by atoms with E-state index in [0.29, 0.717) is 12.1 Å². The molecule has 3 rings (SSSR count). The van der Waals surface area contributed by atoms with Crippen molar-refractivity contribution in [2.45, 2.75) is 39.3 Å². The van der Waals surface area contributed by atoms with E-state index >= 15 is 0 Å². The van der Waals surface area contributed by atoms with Crippen molar-refractivity contribution >= 4 is 11.6 Å². The third-order valence-electron chi connectivity index (χ3n) is 4.56. The van der Waals surface area contributed by atoms with E-state index in [0.717, 1.165) is 11.4 Å². The Balaban J connectivity index is 1.89. The third-order valence-corrected chi connectivity index (χ3v) is 4.80. The molecule has 1 nitrogen and oxygen atoms in total. The van der Waals surface area contributed by atoms with Crippen LogP contribution in [0, 0.1) is 5.41 Å². The van der Waals surface area contributed by atoms with E-state index in [1.54, 1.807) is 0 Å². The summed E-state index contributed by atoms with van der Waals surface area (Å²) in [5, 5.41) is 4.63. The van der Waals surface area contributed by atoms with Gasteiger partial charge in [0.05, 0.1) is 0 Å². The molecule has 1 unspecified atom stereocenters. The van der Waals surface area contributed by atoms with Crippen molar-refractivity contribution in [1.29, 1.82) is 0 Å². The Morgan fingerprint density at radius 1 is 1.14 bits per heavy atom. The van der Waals surface area contributed by atoms with Crippen molar-refractivity contribution in [2.24, 2.45) is 5.41 Å². The molecule has 1 aliphatic rings. The lowest BCUT2D eigenvalue weighted by atomic mass is 9.84. The molecule has 1 aliphatic carbocycles. The first kappa shape index (κ1) is 14.6. The lowest BCUT2D eigenvalue weighted by molar-refractivity contribution is 0.252. The highest BCUT2D eigenvalue weighted by molar-refractivity contribution is 6.30. The van der Waals surface area contributed by atoms with Crippen LogP contribution in [0.25, 0.3) is 0 Å². The molecule has 0 saturated carbocycles. The molecule has 0 aromatic heterocycles. The van der Waals surface area contributed by atoms with Crippen LogP contribution in [0.4, 0.5) is 0 Å². The van der Waals surface area contributed by atoms with E-state index in [4.69, 9.17) is 11.6 Å². The number of hydrogen-bond acceptors (Lipinski definition) is 1. The minimum Gasteiger partial charge on any atom is -0.303 e. The highest BCUT2D eigenvalue weighted by Crippen LogP contribution is 2.46. The summed E-state index contributed by atoms with van der Waals surface area (Å²) in [4.78, 5) is 0. The van der Waals surface area contributed by atoms with Gasteiger partial charge in [0, 0.05) is 17.1 Å². The second-order valence-corrected chi connectivity index (χ2v) is 7.18. The molecule has 1 N–H and O–H groups in total. The maximum atomic E-state index is 6.21. The molecule has 0 aliphatic heterocycles. The van der Waals surface area contributed by atoms with Crippen molar-refractivity contribution < 1.29 is 0 Å². The van der Waals surface area contributed by atoms with Crippen LogP contribution in [-0.4, -0.2) is 0 Å². The van der Waals surface area contributed by atoms with Crippen LogP contribution in [0.3, 0.4) is 0 Å². The lowest BCUT2D eigenvalue weighted by Gasteiger charge is -2.31. The summed E-state index contributed by atoms with van der Waals surface area (Å²) in [6.45, 7) is 6.89. The second kappa shape index (κ2) is 5.47. The van der Waals surface area contributed by atoms with Crippen LogP contribution < -0.4 is 5.32 Å².